The van der Waals surface area contributed by atoms with Crippen molar-refractivity contribution in [2.75, 3.05) is 5.32 Å². The van der Waals surface area contributed by atoms with Crippen molar-refractivity contribution in [3.63, 3.8) is 0 Å². The van der Waals surface area contributed by atoms with Gasteiger partial charge in [0.1, 0.15) is 11.4 Å². The van der Waals surface area contributed by atoms with Gasteiger partial charge in [0.15, 0.2) is 5.78 Å². The van der Waals surface area contributed by atoms with E-state index in [1.165, 1.54) is 37.3 Å². The van der Waals surface area contributed by atoms with Crippen molar-refractivity contribution in [3.8, 4) is 5.88 Å². The molecule has 0 spiro atoms. The van der Waals surface area contributed by atoms with Crippen molar-refractivity contribution in [2.24, 2.45) is 5.73 Å². The fraction of sp³-hybridized carbons (Fsp3) is 0.0556. The van der Waals surface area contributed by atoms with Gasteiger partial charge < -0.3 is 16.2 Å². The second kappa shape index (κ2) is 6.73. The molecule has 0 aliphatic heterocycles. The summed E-state index contributed by atoms with van der Waals surface area (Å²) >= 11 is 5.94. The van der Waals surface area contributed by atoms with Crippen LogP contribution in [-0.4, -0.2) is 27.4 Å². The third-order valence-electron chi connectivity index (χ3n) is 3.98. The van der Waals surface area contributed by atoms with Crippen molar-refractivity contribution < 1.29 is 23.9 Å². The summed E-state index contributed by atoms with van der Waals surface area (Å²) in [6, 6.07) is 6.81. The van der Waals surface area contributed by atoms with Gasteiger partial charge in [0, 0.05) is 16.0 Å². The molecule has 0 unspecified atom stereocenters. The lowest BCUT2D eigenvalue weighted by Crippen LogP contribution is -2.19. The van der Waals surface area contributed by atoms with E-state index >= 15 is 0 Å². The molecule has 2 amide bonds. The van der Waals surface area contributed by atoms with E-state index in [1.54, 1.807) is 0 Å². The Morgan fingerprint density at radius 1 is 1.19 bits per heavy atom. The highest BCUT2D eigenvalue weighted by Crippen LogP contribution is 2.33. The number of aromatic hydroxyl groups is 1. The Balaban J connectivity index is 2.09. The predicted molar refractivity (Wildman–Crippen MR) is 98.0 cm³/mol. The molecule has 0 saturated heterocycles. The van der Waals surface area contributed by atoms with Crippen molar-refractivity contribution >= 4 is 45.9 Å². The topological polar surface area (TPSA) is 114 Å². The smallest absolute Gasteiger partial charge is 0.326 e. The SMILES string of the molecule is CC(=O)c1ccc(NC(=O)c2c(O)n(C(N)=O)c3ccc(Cl)cc23)c(F)c1. The highest BCUT2D eigenvalue weighted by atomic mass is 35.5. The number of primary amides is 1. The van der Waals surface area contributed by atoms with Crippen LogP contribution in [-0.2, 0) is 0 Å². The lowest BCUT2D eigenvalue weighted by Gasteiger charge is -2.07. The number of ketones is 1. The molecule has 3 aromatic rings. The summed E-state index contributed by atoms with van der Waals surface area (Å²) in [4.78, 5) is 35.6. The highest BCUT2D eigenvalue weighted by Gasteiger charge is 2.25. The number of carbonyl (C=O) groups excluding carboxylic acids is 3. The number of benzene rings is 2. The Kier molecular flexibility index (Phi) is 4.59. The van der Waals surface area contributed by atoms with Gasteiger partial charge in [0.25, 0.3) is 5.91 Å². The van der Waals surface area contributed by atoms with Crippen LogP contribution in [0.25, 0.3) is 10.9 Å². The zero-order valence-corrected chi connectivity index (χ0v) is 14.7. The van der Waals surface area contributed by atoms with Crippen LogP contribution >= 0.6 is 11.6 Å². The third kappa shape index (κ3) is 3.22. The number of nitrogens with zero attached hydrogens (tertiary/aromatic N) is 1. The average molecular weight is 390 g/mol. The minimum absolute atomic E-state index is 0.144. The minimum Gasteiger partial charge on any atom is -0.494 e. The second-order valence-corrected chi connectivity index (χ2v) is 6.18. The number of Topliss-reactive ketones (excluding diaryl/α,β-unsaturated/α-hetero) is 1. The molecule has 0 aliphatic rings. The first-order valence-corrected chi connectivity index (χ1v) is 8.03. The highest BCUT2D eigenvalue weighted by molar-refractivity contribution is 6.32. The molecule has 0 bridgehead atoms. The molecule has 0 aliphatic carbocycles. The number of halogens is 2. The maximum absolute atomic E-state index is 14.2. The van der Waals surface area contributed by atoms with Gasteiger partial charge in [-0.3, -0.25) is 9.59 Å². The Labute approximate surface area is 157 Å². The van der Waals surface area contributed by atoms with E-state index < -0.39 is 23.6 Å². The van der Waals surface area contributed by atoms with Crippen LogP contribution in [0.5, 0.6) is 5.88 Å². The molecule has 2 aromatic carbocycles. The summed E-state index contributed by atoms with van der Waals surface area (Å²) < 4.78 is 14.9. The number of hydrogen-bond donors (Lipinski definition) is 3. The molecule has 0 atom stereocenters. The maximum Gasteiger partial charge on any atom is 0.326 e. The molecule has 9 heteroatoms. The van der Waals surface area contributed by atoms with E-state index in [0.29, 0.717) is 0 Å². The van der Waals surface area contributed by atoms with Gasteiger partial charge >= 0.3 is 6.03 Å². The van der Waals surface area contributed by atoms with Gasteiger partial charge in [0.05, 0.1) is 11.2 Å². The Hall–Kier alpha value is -3.39. The third-order valence-corrected chi connectivity index (χ3v) is 4.21. The zero-order chi connectivity index (χ0) is 19.9. The molecular formula is C18H13ClFN3O4. The van der Waals surface area contributed by atoms with Crippen LogP contribution in [0.1, 0.15) is 27.6 Å². The molecule has 0 saturated carbocycles. The minimum atomic E-state index is -1.00. The lowest BCUT2D eigenvalue weighted by atomic mass is 10.1. The largest absolute Gasteiger partial charge is 0.494 e. The molecule has 138 valence electrons. The first-order valence-electron chi connectivity index (χ1n) is 7.65. The number of aromatic nitrogens is 1. The van der Waals surface area contributed by atoms with Crippen molar-refractivity contribution in [2.45, 2.75) is 6.92 Å². The van der Waals surface area contributed by atoms with Gasteiger partial charge in [-0.15, -0.1) is 0 Å². The fourth-order valence-electron chi connectivity index (χ4n) is 2.72. The average Bonchev–Trinajstić information content (AvgIpc) is 2.87. The van der Waals surface area contributed by atoms with E-state index in [-0.39, 0.29) is 38.5 Å². The van der Waals surface area contributed by atoms with Gasteiger partial charge in [-0.2, -0.15) is 0 Å². The van der Waals surface area contributed by atoms with Crippen LogP contribution in [0.4, 0.5) is 14.9 Å². The quantitative estimate of drug-likeness (QED) is 0.594. The van der Waals surface area contributed by atoms with Crippen molar-refractivity contribution in [3.05, 3.63) is 58.4 Å². The molecule has 0 radical (unpaired) electrons. The first kappa shape index (κ1) is 18.4. The number of rotatable bonds is 3. The monoisotopic (exact) mass is 389 g/mol. The number of nitrogens with two attached hydrogens (primary N) is 1. The summed E-state index contributed by atoms with van der Waals surface area (Å²) in [5, 5.41) is 13.1. The fourth-order valence-corrected chi connectivity index (χ4v) is 2.89. The van der Waals surface area contributed by atoms with Crippen LogP contribution in [0, 0.1) is 5.82 Å². The van der Waals surface area contributed by atoms with Crippen molar-refractivity contribution in [1.82, 2.24) is 4.57 Å². The normalized spacial score (nSPS) is 10.8. The number of nitrogens with one attached hydrogen (secondary N) is 1. The summed E-state index contributed by atoms with van der Waals surface area (Å²) in [6.45, 7) is 1.29. The Morgan fingerprint density at radius 3 is 2.48 bits per heavy atom. The number of fused-ring (bicyclic) bond motifs is 1. The van der Waals surface area contributed by atoms with Gasteiger partial charge in [-0.05, 0) is 43.3 Å². The zero-order valence-electron chi connectivity index (χ0n) is 13.9. The van der Waals surface area contributed by atoms with E-state index in [1.807, 2.05) is 0 Å². The van der Waals surface area contributed by atoms with E-state index in [0.717, 1.165) is 10.6 Å². The number of amides is 2. The standard InChI is InChI=1S/C18H13ClFN3O4/c1-8(24)9-2-4-13(12(20)6-9)22-16(25)15-11-7-10(19)3-5-14(11)23(17(15)26)18(21)27/h2-7,26H,1H3,(H2,21,27)(H,22,25). The summed E-state index contributed by atoms with van der Waals surface area (Å²) in [5.41, 5.74) is 5.08. The molecule has 4 N–H and O–H groups in total. The molecule has 0 fully saturated rings. The second-order valence-electron chi connectivity index (χ2n) is 5.74. The van der Waals surface area contributed by atoms with Gasteiger partial charge in [0.2, 0.25) is 5.88 Å². The van der Waals surface area contributed by atoms with Crippen LogP contribution in [0.15, 0.2) is 36.4 Å². The van der Waals surface area contributed by atoms with E-state index in [2.05, 4.69) is 5.32 Å². The Morgan fingerprint density at radius 2 is 1.89 bits per heavy atom. The predicted octanol–water partition coefficient (Wildman–Crippen LogP) is 3.52. The van der Waals surface area contributed by atoms with E-state index in [4.69, 9.17) is 17.3 Å². The van der Waals surface area contributed by atoms with Gasteiger partial charge in [-0.1, -0.05) is 11.6 Å². The molecule has 27 heavy (non-hydrogen) atoms. The van der Waals surface area contributed by atoms with Crippen LogP contribution < -0.4 is 11.1 Å². The van der Waals surface area contributed by atoms with Gasteiger partial charge in [-0.25, -0.2) is 13.8 Å². The Bertz CT molecular complexity index is 1120. The summed E-state index contributed by atoms with van der Waals surface area (Å²) in [6.07, 6.45) is 0. The number of anilines is 1. The molecule has 3 rings (SSSR count). The molecule has 7 nitrogen and oxygen atoms in total. The maximum atomic E-state index is 14.2. The number of hydrogen-bond acceptors (Lipinski definition) is 4. The lowest BCUT2D eigenvalue weighted by molar-refractivity contribution is 0.101. The molecular weight excluding hydrogens is 377 g/mol. The first-order chi connectivity index (χ1) is 12.7. The van der Waals surface area contributed by atoms with Crippen LogP contribution in [0.2, 0.25) is 5.02 Å². The van der Waals surface area contributed by atoms with E-state index in [9.17, 15) is 23.9 Å². The van der Waals surface area contributed by atoms with Crippen LogP contribution in [0.3, 0.4) is 0 Å². The molecule has 1 heterocycles. The summed E-state index contributed by atoms with van der Waals surface area (Å²) in [5.74, 6) is -2.73. The number of carbonyl (C=O) groups is 3. The van der Waals surface area contributed by atoms with Crippen molar-refractivity contribution in [1.29, 1.82) is 0 Å². The summed E-state index contributed by atoms with van der Waals surface area (Å²) in [7, 11) is 0. The molecule has 1 aromatic heterocycles.